The van der Waals surface area contributed by atoms with Gasteiger partial charge in [-0.1, -0.05) is 102 Å². The molecule has 0 aliphatic heterocycles. The number of aryl methyl sites for hydroxylation is 2. The average molecular weight is 755 g/mol. The van der Waals surface area contributed by atoms with Crippen molar-refractivity contribution in [1.82, 2.24) is 0 Å². The van der Waals surface area contributed by atoms with Gasteiger partial charge >= 0.3 is 54.1 Å². The molecule has 5 aromatic rings. The Hall–Kier alpha value is -2.44. The molecule has 0 saturated carbocycles. The number of benzene rings is 4. The SMILES string of the molecule is CC[C](=[Zr+2])CC.Cc1ccccc1-c1cc2[cH-]c3cc(-c4ccccc4C)c(C(C)(C)C)cc3c2cc1C(C)(C)C.[C-]1=CC=CC1.[Cl-].[Cl-]. The molecule has 3 heteroatoms. The van der Waals surface area contributed by atoms with Gasteiger partial charge in [-0.05, 0) is 69.2 Å². The van der Waals surface area contributed by atoms with Crippen LogP contribution < -0.4 is 24.8 Å². The van der Waals surface area contributed by atoms with Gasteiger partial charge in [0.2, 0.25) is 0 Å². The molecule has 1 aliphatic rings. The maximum Gasteiger partial charge on any atom is -0.0139 e. The molecule has 0 radical (unpaired) electrons. The van der Waals surface area contributed by atoms with Crippen molar-refractivity contribution in [1.29, 1.82) is 0 Å². The minimum atomic E-state index is 0. The van der Waals surface area contributed by atoms with Crippen LogP contribution in [0.4, 0.5) is 0 Å². The van der Waals surface area contributed by atoms with Crippen molar-refractivity contribution in [2.75, 3.05) is 0 Å². The van der Waals surface area contributed by atoms with Gasteiger partial charge in [0, 0.05) is 0 Å². The van der Waals surface area contributed by atoms with Crippen LogP contribution in [-0.4, -0.2) is 3.21 Å². The van der Waals surface area contributed by atoms with Crippen LogP contribution >= 0.6 is 0 Å². The van der Waals surface area contributed by atoms with E-state index in [9.17, 15) is 0 Å². The molecule has 0 nitrogen and oxygen atoms in total. The van der Waals surface area contributed by atoms with E-state index in [1.165, 1.54) is 78.9 Å². The van der Waals surface area contributed by atoms with Crippen molar-refractivity contribution >= 4 is 24.8 Å². The maximum atomic E-state index is 2.99. The second-order valence-electron chi connectivity index (χ2n) is 14.6. The van der Waals surface area contributed by atoms with E-state index < -0.39 is 0 Å². The second kappa shape index (κ2) is 18.0. The molecular weight excluding hydrogens is 703 g/mol. The summed E-state index contributed by atoms with van der Waals surface area (Å²) in [5, 5.41) is 5.38. The predicted octanol–water partition coefficient (Wildman–Crippen LogP) is 7.10. The third-order valence-corrected chi connectivity index (χ3v) is 10.6. The molecule has 1 aliphatic carbocycles. The Morgan fingerprint density at radius 2 is 1.08 bits per heavy atom. The summed E-state index contributed by atoms with van der Waals surface area (Å²) >= 11 is 1.62. The molecule has 252 valence electrons. The van der Waals surface area contributed by atoms with E-state index in [1.807, 2.05) is 12.2 Å². The van der Waals surface area contributed by atoms with Crippen molar-refractivity contribution in [2.45, 2.75) is 99.3 Å². The van der Waals surface area contributed by atoms with Gasteiger partial charge < -0.3 is 24.8 Å². The fraction of sp³-hybridized carbons (Fsp3) is 0.333. The van der Waals surface area contributed by atoms with Crippen LogP contribution in [0.15, 0.2) is 97.1 Å². The van der Waals surface area contributed by atoms with Crippen LogP contribution in [0.5, 0.6) is 0 Å². The summed E-state index contributed by atoms with van der Waals surface area (Å²) in [6.07, 6.45) is 12.6. The molecule has 0 unspecified atom stereocenters. The molecule has 0 saturated heterocycles. The summed E-state index contributed by atoms with van der Waals surface area (Å²) in [7, 11) is 0. The van der Waals surface area contributed by atoms with E-state index in [-0.39, 0.29) is 35.6 Å². The van der Waals surface area contributed by atoms with E-state index in [0.717, 1.165) is 6.42 Å². The summed E-state index contributed by atoms with van der Waals surface area (Å²) in [4.78, 5) is 0. The fourth-order valence-corrected chi connectivity index (χ4v) is 6.13. The largest absolute Gasteiger partial charge is 1.00 e. The standard InChI is InChI=1S/C35H37.C5H5.C5H10.2ClH.Zr/c1-22-13-9-11-15-26(22)30-18-24-17-25-19-31(27-16-12-10-14-23(27)2)33(35(6,7)8)21-29(25)28(24)20-32(30)34(3,4)5;1-2-4-5-3-1;1-3-5-4-2;;;/h9-21H,1-8H3;1-3H,4H2;3-4H2,1-2H3;2*1H;/q2*-1;;;;+2/p-2. The van der Waals surface area contributed by atoms with Gasteiger partial charge in [0.25, 0.3) is 0 Å². The summed E-state index contributed by atoms with van der Waals surface area (Å²) in [5.74, 6) is 0. The molecule has 0 spiro atoms. The van der Waals surface area contributed by atoms with Gasteiger partial charge in [-0.15, -0.1) is 46.2 Å². The van der Waals surface area contributed by atoms with E-state index in [0.29, 0.717) is 0 Å². The zero-order valence-corrected chi connectivity index (χ0v) is 34.6. The topological polar surface area (TPSA) is 0 Å². The number of halogens is 2. The molecule has 0 amide bonds. The Kier molecular flexibility index (Phi) is 15.6. The first-order valence-electron chi connectivity index (χ1n) is 16.9. The van der Waals surface area contributed by atoms with Crippen molar-refractivity contribution in [3.8, 4) is 22.3 Å². The van der Waals surface area contributed by atoms with Gasteiger partial charge in [-0.2, -0.15) is 6.08 Å². The number of rotatable bonds is 4. The molecule has 0 fully saturated rings. The van der Waals surface area contributed by atoms with Gasteiger partial charge in [0.1, 0.15) is 0 Å². The van der Waals surface area contributed by atoms with E-state index in [1.54, 1.807) is 27.4 Å². The molecule has 6 rings (SSSR count). The number of fused-ring (bicyclic) bond motifs is 3. The van der Waals surface area contributed by atoms with Gasteiger partial charge in [-0.25, -0.2) is 12.2 Å². The molecule has 0 aromatic heterocycles. The summed E-state index contributed by atoms with van der Waals surface area (Å²) in [5.41, 5.74) is 10.9. The fourth-order valence-electron chi connectivity index (χ4n) is 6.13. The predicted molar refractivity (Wildman–Crippen MR) is 202 cm³/mol. The zero-order chi connectivity index (χ0) is 33.6. The first-order valence-corrected chi connectivity index (χ1v) is 18.1. The Bertz CT molecular complexity index is 1750. The van der Waals surface area contributed by atoms with E-state index in [2.05, 4.69) is 160 Å². The number of allylic oxidation sites excluding steroid dienone is 4. The van der Waals surface area contributed by atoms with E-state index >= 15 is 0 Å². The Balaban J connectivity index is 0.000000528. The van der Waals surface area contributed by atoms with Crippen molar-refractivity contribution < 1.29 is 49.0 Å². The van der Waals surface area contributed by atoms with Crippen LogP contribution in [0.1, 0.15) is 96.9 Å². The zero-order valence-electron chi connectivity index (χ0n) is 30.6. The van der Waals surface area contributed by atoms with Crippen LogP contribution in [0.3, 0.4) is 0 Å². The monoisotopic (exact) mass is 752 g/mol. The average Bonchev–Trinajstić information content (AvgIpc) is 3.71. The second-order valence-corrected chi connectivity index (χ2v) is 16.3. The Morgan fingerprint density at radius 1 is 0.667 bits per heavy atom. The molecule has 0 atom stereocenters. The Labute approximate surface area is 318 Å². The molecule has 48 heavy (non-hydrogen) atoms. The number of hydrogen-bond acceptors (Lipinski definition) is 0. The third kappa shape index (κ3) is 10.1. The van der Waals surface area contributed by atoms with Gasteiger partial charge in [-0.3, -0.25) is 6.08 Å². The van der Waals surface area contributed by atoms with Gasteiger partial charge in [0.15, 0.2) is 0 Å². The van der Waals surface area contributed by atoms with Crippen molar-refractivity contribution in [3.63, 3.8) is 0 Å². The smallest absolute Gasteiger partial charge is 0.0139 e. The first-order chi connectivity index (χ1) is 21.8. The Morgan fingerprint density at radius 3 is 1.35 bits per heavy atom. The molecule has 0 bridgehead atoms. The van der Waals surface area contributed by atoms with Crippen molar-refractivity contribution in [3.05, 3.63) is 125 Å². The molecule has 0 N–H and O–H groups in total. The third-order valence-electron chi connectivity index (χ3n) is 8.91. The van der Waals surface area contributed by atoms with Crippen LogP contribution in [0, 0.1) is 19.9 Å². The van der Waals surface area contributed by atoms with Crippen LogP contribution in [0.2, 0.25) is 0 Å². The van der Waals surface area contributed by atoms with Gasteiger partial charge in [0.05, 0.1) is 0 Å². The quantitative estimate of drug-likeness (QED) is 0.172. The maximum absolute atomic E-state index is 2.99. The first kappa shape index (κ1) is 41.7. The minimum Gasteiger partial charge on any atom is -1.00 e. The molecular formula is C45H52Cl2Zr-2. The molecule has 0 heterocycles. The summed E-state index contributed by atoms with van der Waals surface area (Å²) in [6, 6.07) is 29.8. The minimum absolute atomic E-state index is 0. The molecule has 5 aromatic carbocycles. The summed E-state index contributed by atoms with van der Waals surface area (Å²) < 4.78 is 1.68. The normalized spacial score (nSPS) is 12.1. The van der Waals surface area contributed by atoms with Crippen LogP contribution in [0.25, 0.3) is 43.8 Å². The number of hydrogen-bond donors (Lipinski definition) is 0. The summed E-state index contributed by atoms with van der Waals surface area (Å²) in [6.45, 7) is 22.9. The van der Waals surface area contributed by atoms with E-state index in [4.69, 9.17) is 0 Å². The van der Waals surface area contributed by atoms with Crippen molar-refractivity contribution in [2.24, 2.45) is 0 Å². The van der Waals surface area contributed by atoms with Crippen LogP contribution in [-0.2, 0) is 35.1 Å².